The van der Waals surface area contributed by atoms with Gasteiger partial charge >= 0.3 is 0 Å². The normalized spacial score (nSPS) is 15.7. The van der Waals surface area contributed by atoms with Crippen molar-refractivity contribution in [2.45, 2.75) is 6.42 Å². The Labute approximate surface area is 69.6 Å². The number of aromatic nitrogens is 2. The van der Waals surface area contributed by atoms with E-state index in [1.165, 1.54) is 4.90 Å². The number of anilines is 1. The minimum absolute atomic E-state index is 0.0150. The Bertz CT molecular complexity index is 320. The zero-order valence-electron chi connectivity index (χ0n) is 6.34. The Morgan fingerprint density at radius 2 is 2.08 bits per heavy atom. The number of hydrogen-bond acceptors (Lipinski definition) is 3. The van der Waals surface area contributed by atoms with Gasteiger partial charge in [0.1, 0.15) is 0 Å². The molecule has 1 aromatic heterocycles. The van der Waals surface area contributed by atoms with Crippen molar-refractivity contribution in [1.82, 2.24) is 9.97 Å². The van der Waals surface area contributed by atoms with E-state index in [-0.39, 0.29) is 5.91 Å². The molecule has 60 valence electrons. The standard InChI is InChI=1S/C8H7N3O/c12-7-3-1-6-11(7)8-9-4-2-5-10-8/h1-2,4-6H,3H2. The quantitative estimate of drug-likeness (QED) is 0.609. The maximum atomic E-state index is 11.2. The lowest BCUT2D eigenvalue weighted by molar-refractivity contribution is -0.116. The van der Waals surface area contributed by atoms with E-state index in [0.717, 1.165) is 0 Å². The SMILES string of the molecule is O=C1CC=CN1c1ncccn1. The van der Waals surface area contributed by atoms with Crippen molar-refractivity contribution in [3.63, 3.8) is 0 Å². The Morgan fingerprint density at radius 1 is 1.33 bits per heavy atom. The van der Waals surface area contributed by atoms with Crippen molar-refractivity contribution in [2.75, 3.05) is 4.90 Å². The monoisotopic (exact) mass is 161 g/mol. The molecule has 1 aliphatic rings. The summed E-state index contributed by atoms with van der Waals surface area (Å²) in [5.74, 6) is 0.456. The summed E-state index contributed by atoms with van der Waals surface area (Å²) >= 11 is 0. The number of hydrogen-bond donors (Lipinski definition) is 0. The third-order valence-electron chi connectivity index (χ3n) is 1.58. The summed E-state index contributed by atoms with van der Waals surface area (Å²) in [6, 6.07) is 1.72. The van der Waals surface area contributed by atoms with E-state index in [1.54, 1.807) is 30.7 Å². The molecule has 2 heterocycles. The molecule has 4 nitrogen and oxygen atoms in total. The molecule has 0 N–H and O–H groups in total. The highest BCUT2D eigenvalue weighted by atomic mass is 16.2. The van der Waals surface area contributed by atoms with Crippen LogP contribution in [0.1, 0.15) is 6.42 Å². The van der Waals surface area contributed by atoms with Crippen molar-refractivity contribution < 1.29 is 4.79 Å². The maximum absolute atomic E-state index is 11.2. The van der Waals surface area contributed by atoms with Crippen LogP contribution in [-0.4, -0.2) is 15.9 Å². The summed E-state index contributed by atoms with van der Waals surface area (Å²) < 4.78 is 0. The lowest BCUT2D eigenvalue weighted by Gasteiger charge is -2.09. The Kier molecular flexibility index (Phi) is 1.59. The number of carbonyl (C=O) groups is 1. The largest absolute Gasteiger partial charge is 0.274 e. The van der Waals surface area contributed by atoms with E-state index < -0.39 is 0 Å². The molecule has 2 rings (SSSR count). The van der Waals surface area contributed by atoms with Gasteiger partial charge in [0.25, 0.3) is 0 Å². The molecule has 0 fully saturated rings. The smallest absolute Gasteiger partial charge is 0.237 e. The molecule has 1 aromatic rings. The third-order valence-corrected chi connectivity index (χ3v) is 1.58. The Morgan fingerprint density at radius 3 is 2.67 bits per heavy atom. The lowest BCUT2D eigenvalue weighted by Crippen LogP contribution is -2.21. The first kappa shape index (κ1) is 6.97. The molecular weight excluding hydrogens is 154 g/mol. The number of carbonyl (C=O) groups excluding carboxylic acids is 1. The first-order chi connectivity index (χ1) is 5.88. The molecule has 1 amide bonds. The van der Waals surface area contributed by atoms with E-state index in [4.69, 9.17) is 0 Å². The molecule has 0 saturated carbocycles. The first-order valence-electron chi connectivity index (χ1n) is 3.63. The van der Waals surface area contributed by atoms with Gasteiger partial charge in [-0.3, -0.25) is 9.69 Å². The third kappa shape index (κ3) is 1.07. The summed E-state index contributed by atoms with van der Waals surface area (Å²) in [5.41, 5.74) is 0. The van der Waals surface area contributed by atoms with Crippen molar-refractivity contribution >= 4 is 11.9 Å². The fraction of sp³-hybridized carbons (Fsp3) is 0.125. The van der Waals surface area contributed by atoms with Crippen LogP contribution >= 0.6 is 0 Å². The predicted octanol–water partition coefficient (Wildman–Crippen LogP) is 0.727. The van der Waals surface area contributed by atoms with Gasteiger partial charge in [-0.1, -0.05) is 6.08 Å². The summed E-state index contributed by atoms with van der Waals surface area (Å²) in [5, 5.41) is 0. The molecule has 0 bridgehead atoms. The highest BCUT2D eigenvalue weighted by Gasteiger charge is 2.17. The average Bonchev–Trinajstić information content (AvgIpc) is 2.53. The molecule has 0 atom stereocenters. The van der Waals surface area contributed by atoms with E-state index in [9.17, 15) is 4.79 Å². The molecule has 1 aliphatic heterocycles. The number of rotatable bonds is 1. The highest BCUT2D eigenvalue weighted by molar-refractivity contribution is 5.96. The van der Waals surface area contributed by atoms with Crippen molar-refractivity contribution in [3.05, 3.63) is 30.7 Å². The minimum Gasteiger partial charge on any atom is -0.274 e. The van der Waals surface area contributed by atoms with E-state index in [2.05, 4.69) is 9.97 Å². The van der Waals surface area contributed by atoms with Gasteiger partial charge in [-0.15, -0.1) is 0 Å². The van der Waals surface area contributed by atoms with Gasteiger partial charge in [0, 0.05) is 25.0 Å². The average molecular weight is 161 g/mol. The molecule has 0 spiro atoms. The zero-order chi connectivity index (χ0) is 8.39. The molecule has 0 unspecified atom stereocenters. The van der Waals surface area contributed by atoms with Crippen LogP contribution in [-0.2, 0) is 4.79 Å². The topological polar surface area (TPSA) is 46.1 Å². The molecule has 12 heavy (non-hydrogen) atoms. The van der Waals surface area contributed by atoms with Gasteiger partial charge in [-0.2, -0.15) is 0 Å². The van der Waals surface area contributed by atoms with Crippen LogP contribution in [0.4, 0.5) is 5.95 Å². The molecular formula is C8H7N3O. The van der Waals surface area contributed by atoms with Gasteiger partial charge in [-0.25, -0.2) is 9.97 Å². The van der Waals surface area contributed by atoms with Crippen LogP contribution in [0.15, 0.2) is 30.7 Å². The fourth-order valence-corrected chi connectivity index (χ4v) is 1.03. The van der Waals surface area contributed by atoms with Crippen LogP contribution in [0.25, 0.3) is 0 Å². The van der Waals surface area contributed by atoms with E-state index in [0.29, 0.717) is 12.4 Å². The first-order valence-corrected chi connectivity index (χ1v) is 3.63. The van der Waals surface area contributed by atoms with Crippen LogP contribution in [0, 0.1) is 0 Å². The fourth-order valence-electron chi connectivity index (χ4n) is 1.03. The second-order valence-corrected chi connectivity index (χ2v) is 2.40. The second kappa shape index (κ2) is 2.73. The van der Waals surface area contributed by atoms with Crippen LogP contribution in [0.3, 0.4) is 0 Å². The van der Waals surface area contributed by atoms with Gasteiger partial charge < -0.3 is 0 Å². The van der Waals surface area contributed by atoms with Gasteiger partial charge in [0.15, 0.2) is 0 Å². The summed E-state index contributed by atoms with van der Waals surface area (Å²) in [4.78, 5) is 20.5. The summed E-state index contributed by atoms with van der Waals surface area (Å²) in [7, 11) is 0. The Balaban J connectivity index is 2.31. The van der Waals surface area contributed by atoms with Gasteiger partial charge in [0.2, 0.25) is 11.9 Å². The van der Waals surface area contributed by atoms with Crippen LogP contribution in [0.2, 0.25) is 0 Å². The minimum atomic E-state index is 0.0150. The second-order valence-electron chi connectivity index (χ2n) is 2.40. The van der Waals surface area contributed by atoms with Gasteiger partial charge in [-0.05, 0) is 6.07 Å². The molecule has 0 aliphatic carbocycles. The van der Waals surface area contributed by atoms with Crippen molar-refractivity contribution in [2.24, 2.45) is 0 Å². The Hall–Kier alpha value is -1.71. The molecule has 0 aromatic carbocycles. The van der Waals surface area contributed by atoms with E-state index >= 15 is 0 Å². The highest BCUT2D eigenvalue weighted by Crippen LogP contribution is 2.13. The van der Waals surface area contributed by atoms with Crippen LogP contribution in [0.5, 0.6) is 0 Å². The van der Waals surface area contributed by atoms with Crippen molar-refractivity contribution in [3.8, 4) is 0 Å². The number of amides is 1. The molecule has 4 heteroatoms. The summed E-state index contributed by atoms with van der Waals surface area (Å²) in [6.07, 6.45) is 7.15. The predicted molar refractivity (Wildman–Crippen MR) is 43.3 cm³/mol. The van der Waals surface area contributed by atoms with Crippen LogP contribution < -0.4 is 4.90 Å². The lowest BCUT2D eigenvalue weighted by atomic mass is 10.4. The van der Waals surface area contributed by atoms with Crippen molar-refractivity contribution in [1.29, 1.82) is 0 Å². The molecule has 0 saturated heterocycles. The molecule has 0 radical (unpaired) electrons. The summed E-state index contributed by atoms with van der Waals surface area (Å²) in [6.45, 7) is 0. The van der Waals surface area contributed by atoms with E-state index in [1.807, 2.05) is 0 Å². The number of nitrogens with zero attached hydrogens (tertiary/aromatic N) is 3. The zero-order valence-corrected chi connectivity index (χ0v) is 6.34. The van der Waals surface area contributed by atoms with Gasteiger partial charge in [0.05, 0.1) is 0 Å². The maximum Gasteiger partial charge on any atom is 0.237 e.